The van der Waals surface area contributed by atoms with E-state index in [4.69, 9.17) is 0 Å². The number of carbonyl (C=O) groups excluding carboxylic acids is 1. The van der Waals surface area contributed by atoms with E-state index in [-0.39, 0.29) is 5.91 Å². The molecule has 2 heterocycles. The number of nitrogens with zero attached hydrogens (tertiary/aromatic N) is 3. The van der Waals surface area contributed by atoms with Gasteiger partial charge in [-0.15, -0.1) is 0 Å². The van der Waals surface area contributed by atoms with Crippen molar-refractivity contribution in [3.63, 3.8) is 0 Å². The molecule has 0 bridgehead atoms. The van der Waals surface area contributed by atoms with Crippen LogP contribution in [0.5, 0.6) is 0 Å². The van der Waals surface area contributed by atoms with Crippen molar-refractivity contribution in [3.8, 4) is 0 Å². The Bertz CT molecular complexity index is 624. The lowest BCUT2D eigenvalue weighted by Crippen LogP contribution is -2.32. The Morgan fingerprint density at radius 1 is 1.25 bits per heavy atom. The van der Waals surface area contributed by atoms with Crippen LogP contribution in [-0.4, -0.2) is 29.0 Å². The highest BCUT2D eigenvalue weighted by atomic mass is 16.2. The van der Waals surface area contributed by atoms with E-state index in [9.17, 15) is 4.79 Å². The summed E-state index contributed by atoms with van der Waals surface area (Å²) < 4.78 is 0. The summed E-state index contributed by atoms with van der Waals surface area (Å²) in [6.07, 6.45) is 4.06. The first-order valence-electron chi connectivity index (χ1n) is 6.69. The van der Waals surface area contributed by atoms with Gasteiger partial charge >= 0.3 is 0 Å². The fraction of sp³-hybridized carbons (Fsp3) is 0.267. The molecule has 0 atom stereocenters. The zero-order chi connectivity index (χ0) is 13.9. The van der Waals surface area contributed by atoms with Crippen LogP contribution in [0.25, 0.3) is 0 Å². The number of fused-ring (bicyclic) bond motifs is 1. The third kappa shape index (κ3) is 2.34. The fourth-order valence-electron chi connectivity index (χ4n) is 2.29. The summed E-state index contributed by atoms with van der Waals surface area (Å²) in [6.45, 7) is 3.39. The molecule has 102 valence electrons. The maximum atomic E-state index is 12.6. The zero-order valence-electron chi connectivity index (χ0n) is 11.3. The van der Waals surface area contributed by atoms with Crippen molar-refractivity contribution in [3.05, 3.63) is 48.0 Å². The molecule has 0 spiro atoms. The first kappa shape index (κ1) is 12.6. The second kappa shape index (κ2) is 5.28. The smallest absolute Gasteiger partial charge is 0.278 e. The van der Waals surface area contributed by atoms with Crippen LogP contribution in [0.4, 0.5) is 11.4 Å². The van der Waals surface area contributed by atoms with Gasteiger partial charge in [0.2, 0.25) is 0 Å². The number of carbonyl (C=O) groups is 1. The average Bonchev–Trinajstić information content (AvgIpc) is 2.69. The number of para-hydroxylation sites is 2. The van der Waals surface area contributed by atoms with E-state index in [0.29, 0.717) is 12.2 Å². The van der Waals surface area contributed by atoms with Gasteiger partial charge < -0.3 is 10.2 Å². The van der Waals surface area contributed by atoms with E-state index in [1.807, 2.05) is 31.2 Å². The number of amides is 1. The highest BCUT2D eigenvalue weighted by Gasteiger charge is 2.22. The van der Waals surface area contributed by atoms with Crippen LogP contribution in [0.15, 0.2) is 36.7 Å². The summed E-state index contributed by atoms with van der Waals surface area (Å²) >= 11 is 0. The SMILES string of the molecule is Cc1cnc(C(=O)N2CCCNc3ccccc32)cn1. The standard InChI is InChI=1S/C15H16N4O/c1-11-9-18-13(10-17-11)15(20)19-8-4-7-16-12-5-2-3-6-14(12)19/h2-3,5-6,9-10,16H,4,7-8H2,1H3. The van der Waals surface area contributed by atoms with E-state index < -0.39 is 0 Å². The lowest BCUT2D eigenvalue weighted by Gasteiger charge is -2.21. The summed E-state index contributed by atoms with van der Waals surface area (Å²) in [6, 6.07) is 7.84. The van der Waals surface area contributed by atoms with Crippen LogP contribution >= 0.6 is 0 Å². The first-order valence-corrected chi connectivity index (χ1v) is 6.69. The second-order valence-electron chi connectivity index (χ2n) is 4.80. The van der Waals surface area contributed by atoms with Crippen LogP contribution in [-0.2, 0) is 0 Å². The van der Waals surface area contributed by atoms with Gasteiger partial charge in [0.15, 0.2) is 0 Å². The predicted octanol–water partition coefficient (Wildman–Crippen LogP) is 2.25. The molecule has 1 amide bonds. The van der Waals surface area contributed by atoms with Crippen molar-refractivity contribution in [2.45, 2.75) is 13.3 Å². The Kier molecular flexibility index (Phi) is 3.33. The van der Waals surface area contributed by atoms with Crippen LogP contribution < -0.4 is 10.2 Å². The molecule has 0 saturated heterocycles. The first-order chi connectivity index (χ1) is 9.75. The maximum Gasteiger partial charge on any atom is 0.278 e. The van der Waals surface area contributed by atoms with E-state index in [0.717, 1.165) is 30.0 Å². The van der Waals surface area contributed by atoms with Gasteiger partial charge in [0, 0.05) is 19.3 Å². The molecule has 3 rings (SSSR count). The summed E-state index contributed by atoms with van der Waals surface area (Å²) in [5.74, 6) is -0.103. The number of benzene rings is 1. The Morgan fingerprint density at radius 3 is 2.90 bits per heavy atom. The third-order valence-corrected chi connectivity index (χ3v) is 3.31. The number of hydrogen-bond acceptors (Lipinski definition) is 4. The van der Waals surface area contributed by atoms with E-state index in [1.165, 1.54) is 0 Å². The minimum absolute atomic E-state index is 0.103. The Labute approximate surface area is 117 Å². The van der Waals surface area contributed by atoms with E-state index in [2.05, 4.69) is 15.3 Å². The van der Waals surface area contributed by atoms with Crippen molar-refractivity contribution < 1.29 is 4.79 Å². The maximum absolute atomic E-state index is 12.6. The molecule has 0 fully saturated rings. The van der Waals surface area contributed by atoms with Gasteiger partial charge in [-0.2, -0.15) is 0 Å². The minimum atomic E-state index is -0.103. The predicted molar refractivity (Wildman–Crippen MR) is 78.0 cm³/mol. The minimum Gasteiger partial charge on any atom is -0.383 e. The normalized spacial score (nSPS) is 14.2. The molecule has 1 aromatic carbocycles. The third-order valence-electron chi connectivity index (χ3n) is 3.31. The van der Waals surface area contributed by atoms with Crippen LogP contribution in [0.3, 0.4) is 0 Å². The van der Waals surface area contributed by atoms with Gasteiger partial charge in [0.25, 0.3) is 5.91 Å². The Hall–Kier alpha value is -2.43. The molecule has 0 radical (unpaired) electrons. The van der Waals surface area contributed by atoms with Gasteiger partial charge in [-0.05, 0) is 25.5 Å². The molecule has 5 heteroatoms. The van der Waals surface area contributed by atoms with Gasteiger partial charge in [-0.25, -0.2) is 4.98 Å². The number of aryl methyl sites for hydroxylation is 1. The molecule has 1 N–H and O–H groups in total. The lowest BCUT2D eigenvalue weighted by atomic mass is 10.2. The lowest BCUT2D eigenvalue weighted by molar-refractivity contribution is 0.0982. The molecule has 0 unspecified atom stereocenters. The average molecular weight is 268 g/mol. The summed E-state index contributed by atoms with van der Waals surface area (Å²) in [4.78, 5) is 22.7. The summed E-state index contributed by atoms with van der Waals surface area (Å²) in [7, 11) is 0. The Morgan fingerprint density at radius 2 is 2.10 bits per heavy atom. The fourth-order valence-corrected chi connectivity index (χ4v) is 2.29. The van der Waals surface area contributed by atoms with E-state index >= 15 is 0 Å². The second-order valence-corrected chi connectivity index (χ2v) is 4.80. The van der Waals surface area contributed by atoms with Crippen molar-refractivity contribution in [1.29, 1.82) is 0 Å². The number of rotatable bonds is 1. The topological polar surface area (TPSA) is 58.1 Å². The van der Waals surface area contributed by atoms with Gasteiger partial charge in [-0.3, -0.25) is 9.78 Å². The zero-order valence-corrected chi connectivity index (χ0v) is 11.3. The van der Waals surface area contributed by atoms with Crippen molar-refractivity contribution >= 4 is 17.3 Å². The molecule has 0 aliphatic carbocycles. The number of aromatic nitrogens is 2. The van der Waals surface area contributed by atoms with Crippen LogP contribution in [0, 0.1) is 6.92 Å². The number of anilines is 2. The molecule has 2 aromatic rings. The van der Waals surface area contributed by atoms with Crippen LogP contribution in [0.2, 0.25) is 0 Å². The van der Waals surface area contributed by atoms with Gasteiger partial charge in [0.05, 0.1) is 23.3 Å². The van der Waals surface area contributed by atoms with Gasteiger partial charge in [-0.1, -0.05) is 12.1 Å². The molecule has 20 heavy (non-hydrogen) atoms. The number of hydrogen-bond donors (Lipinski definition) is 1. The van der Waals surface area contributed by atoms with Crippen LogP contribution in [0.1, 0.15) is 22.6 Å². The molecule has 1 aliphatic heterocycles. The molecule has 1 aromatic heterocycles. The van der Waals surface area contributed by atoms with E-state index in [1.54, 1.807) is 17.3 Å². The van der Waals surface area contributed by atoms with Crippen molar-refractivity contribution in [2.24, 2.45) is 0 Å². The molecule has 5 nitrogen and oxygen atoms in total. The highest BCUT2D eigenvalue weighted by molar-refractivity contribution is 6.06. The van der Waals surface area contributed by atoms with Gasteiger partial charge in [0.1, 0.15) is 5.69 Å². The molecular weight excluding hydrogens is 252 g/mol. The monoisotopic (exact) mass is 268 g/mol. The van der Waals surface area contributed by atoms with Crippen molar-refractivity contribution in [2.75, 3.05) is 23.3 Å². The quantitative estimate of drug-likeness (QED) is 0.861. The molecule has 1 aliphatic rings. The molecular formula is C15H16N4O. The summed E-state index contributed by atoms with van der Waals surface area (Å²) in [5.41, 5.74) is 3.07. The molecule has 0 saturated carbocycles. The highest BCUT2D eigenvalue weighted by Crippen LogP contribution is 2.28. The Balaban J connectivity index is 1.97. The number of nitrogens with one attached hydrogen (secondary N) is 1. The van der Waals surface area contributed by atoms with Crippen molar-refractivity contribution in [1.82, 2.24) is 9.97 Å². The summed E-state index contributed by atoms with van der Waals surface area (Å²) in [5, 5.41) is 3.34. The largest absolute Gasteiger partial charge is 0.383 e.